The summed E-state index contributed by atoms with van der Waals surface area (Å²) in [4.78, 5) is 0. The summed E-state index contributed by atoms with van der Waals surface area (Å²) in [5, 5.41) is -0.376. The highest BCUT2D eigenvalue weighted by Gasteiger charge is 2.34. The molecule has 1 aromatic rings. The lowest BCUT2D eigenvalue weighted by Gasteiger charge is -2.12. The van der Waals surface area contributed by atoms with Gasteiger partial charge in [0, 0.05) is 0 Å². The molecule has 5 heteroatoms. The van der Waals surface area contributed by atoms with Gasteiger partial charge in [0.2, 0.25) is 0 Å². The Morgan fingerprint density at radius 1 is 1.33 bits per heavy atom. The van der Waals surface area contributed by atoms with Gasteiger partial charge in [-0.1, -0.05) is 24.6 Å². The molecule has 0 aromatic heterocycles. The molecule has 0 radical (unpaired) electrons. The van der Waals surface area contributed by atoms with Gasteiger partial charge in [-0.05, 0) is 18.6 Å². The summed E-state index contributed by atoms with van der Waals surface area (Å²) in [5.41, 5.74) is -0.863. The van der Waals surface area contributed by atoms with Crippen LogP contribution in [0.5, 0.6) is 5.75 Å². The molecule has 0 atom stereocenters. The molecule has 84 valence electrons. The molecule has 0 aliphatic heterocycles. The topological polar surface area (TPSA) is 9.23 Å². The molecular formula is C10H10ClF3O. The Morgan fingerprint density at radius 3 is 2.53 bits per heavy atom. The third-order valence-electron chi connectivity index (χ3n) is 1.73. The molecule has 0 bridgehead atoms. The lowest BCUT2D eigenvalue weighted by atomic mass is 10.2. The molecule has 1 rings (SSSR count). The van der Waals surface area contributed by atoms with Crippen LogP contribution >= 0.6 is 11.6 Å². The number of alkyl halides is 3. The summed E-state index contributed by atoms with van der Waals surface area (Å²) in [6, 6.07) is 3.63. The van der Waals surface area contributed by atoms with Crippen LogP contribution in [0.1, 0.15) is 18.9 Å². The highest BCUT2D eigenvalue weighted by Crippen LogP contribution is 2.39. The number of ether oxygens (including phenoxy) is 1. The summed E-state index contributed by atoms with van der Waals surface area (Å²) in [6.07, 6.45) is -3.73. The van der Waals surface area contributed by atoms with Crippen molar-refractivity contribution in [2.24, 2.45) is 0 Å². The van der Waals surface area contributed by atoms with Gasteiger partial charge in [-0.2, -0.15) is 13.2 Å². The lowest BCUT2D eigenvalue weighted by Crippen LogP contribution is -2.07. The number of benzene rings is 1. The van der Waals surface area contributed by atoms with Crippen molar-refractivity contribution in [2.75, 3.05) is 6.61 Å². The van der Waals surface area contributed by atoms with E-state index >= 15 is 0 Å². The van der Waals surface area contributed by atoms with Crippen molar-refractivity contribution < 1.29 is 17.9 Å². The normalized spacial score (nSPS) is 11.5. The standard InChI is InChI=1S/C10H10ClF3O/c1-2-6-15-8-5-3-4-7(9(8)11)10(12,13)14/h3-5H,2,6H2,1H3. The zero-order valence-electron chi connectivity index (χ0n) is 8.07. The van der Waals surface area contributed by atoms with E-state index in [0.29, 0.717) is 13.0 Å². The summed E-state index contributed by atoms with van der Waals surface area (Å²) in [7, 11) is 0. The van der Waals surface area contributed by atoms with Gasteiger partial charge in [0.25, 0.3) is 0 Å². The summed E-state index contributed by atoms with van der Waals surface area (Å²) < 4.78 is 42.3. The Bertz CT molecular complexity index is 336. The number of halogens is 4. The van der Waals surface area contributed by atoms with Crippen LogP contribution in [0.3, 0.4) is 0 Å². The molecule has 0 N–H and O–H groups in total. The van der Waals surface area contributed by atoms with Crippen molar-refractivity contribution in [3.8, 4) is 5.75 Å². The van der Waals surface area contributed by atoms with Crippen molar-refractivity contribution in [2.45, 2.75) is 19.5 Å². The Hall–Kier alpha value is -0.900. The fourth-order valence-corrected chi connectivity index (χ4v) is 1.34. The summed E-state index contributed by atoms with van der Waals surface area (Å²) in [5.74, 6) is 0.0772. The fourth-order valence-electron chi connectivity index (χ4n) is 1.05. The van der Waals surface area contributed by atoms with Crippen LogP contribution in [-0.4, -0.2) is 6.61 Å². The maximum Gasteiger partial charge on any atom is 0.417 e. The van der Waals surface area contributed by atoms with E-state index in [0.717, 1.165) is 6.07 Å². The minimum Gasteiger partial charge on any atom is -0.492 e. The molecule has 0 heterocycles. The van der Waals surface area contributed by atoms with E-state index in [4.69, 9.17) is 16.3 Å². The molecule has 0 aliphatic rings. The first kappa shape index (κ1) is 12.2. The number of hydrogen-bond donors (Lipinski definition) is 0. The fraction of sp³-hybridized carbons (Fsp3) is 0.400. The predicted octanol–water partition coefficient (Wildman–Crippen LogP) is 4.15. The maximum absolute atomic E-state index is 12.4. The third-order valence-corrected chi connectivity index (χ3v) is 2.12. The molecule has 0 unspecified atom stereocenters. The summed E-state index contributed by atoms with van der Waals surface area (Å²) >= 11 is 5.58. The minimum atomic E-state index is -4.44. The van der Waals surface area contributed by atoms with E-state index in [1.165, 1.54) is 12.1 Å². The van der Waals surface area contributed by atoms with Gasteiger partial charge >= 0.3 is 6.18 Å². The van der Waals surface area contributed by atoms with Crippen LogP contribution < -0.4 is 4.74 Å². The van der Waals surface area contributed by atoms with E-state index in [1.807, 2.05) is 6.92 Å². The largest absolute Gasteiger partial charge is 0.492 e. The van der Waals surface area contributed by atoms with E-state index < -0.39 is 11.7 Å². The van der Waals surface area contributed by atoms with Crippen molar-refractivity contribution >= 4 is 11.6 Å². The van der Waals surface area contributed by atoms with Gasteiger partial charge in [0.05, 0.1) is 17.2 Å². The van der Waals surface area contributed by atoms with Gasteiger partial charge in [-0.3, -0.25) is 0 Å². The average Bonchev–Trinajstić information content (AvgIpc) is 2.14. The van der Waals surface area contributed by atoms with Gasteiger partial charge in [0.1, 0.15) is 5.75 Å². The van der Waals surface area contributed by atoms with Crippen LogP contribution in [0.4, 0.5) is 13.2 Å². The van der Waals surface area contributed by atoms with Crippen LogP contribution in [-0.2, 0) is 6.18 Å². The monoisotopic (exact) mass is 238 g/mol. The second kappa shape index (κ2) is 4.75. The molecule has 0 spiro atoms. The first-order chi connectivity index (χ1) is 6.96. The SMILES string of the molecule is CCCOc1cccc(C(F)(F)F)c1Cl. The number of hydrogen-bond acceptors (Lipinski definition) is 1. The van der Waals surface area contributed by atoms with Gasteiger partial charge < -0.3 is 4.74 Å². The quantitative estimate of drug-likeness (QED) is 0.769. The van der Waals surface area contributed by atoms with Crippen LogP contribution in [0.25, 0.3) is 0 Å². The molecule has 0 saturated carbocycles. The van der Waals surface area contributed by atoms with Crippen molar-refractivity contribution in [1.29, 1.82) is 0 Å². The Balaban J connectivity index is 3.01. The molecule has 0 aliphatic carbocycles. The zero-order valence-corrected chi connectivity index (χ0v) is 8.82. The van der Waals surface area contributed by atoms with Gasteiger partial charge in [-0.25, -0.2) is 0 Å². The molecule has 0 fully saturated rings. The third kappa shape index (κ3) is 3.02. The van der Waals surface area contributed by atoms with E-state index in [-0.39, 0.29) is 10.8 Å². The first-order valence-corrected chi connectivity index (χ1v) is 4.83. The smallest absolute Gasteiger partial charge is 0.417 e. The van der Waals surface area contributed by atoms with Crippen molar-refractivity contribution in [1.82, 2.24) is 0 Å². The van der Waals surface area contributed by atoms with E-state index in [1.54, 1.807) is 0 Å². The zero-order chi connectivity index (χ0) is 11.5. The molecular weight excluding hydrogens is 229 g/mol. The minimum absolute atomic E-state index is 0.0772. The second-order valence-electron chi connectivity index (χ2n) is 2.96. The van der Waals surface area contributed by atoms with Crippen LogP contribution in [0.15, 0.2) is 18.2 Å². The average molecular weight is 239 g/mol. The number of rotatable bonds is 3. The first-order valence-electron chi connectivity index (χ1n) is 4.45. The van der Waals surface area contributed by atoms with Gasteiger partial charge in [-0.15, -0.1) is 0 Å². The highest BCUT2D eigenvalue weighted by atomic mass is 35.5. The molecule has 1 nitrogen and oxygen atoms in total. The van der Waals surface area contributed by atoms with Crippen molar-refractivity contribution in [3.63, 3.8) is 0 Å². The highest BCUT2D eigenvalue weighted by molar-refractivity contribution is 6.32. The van der Waals surface area contributed by atoms with Gasteiger partial charge in [0.15, 0.2) is 0 Å². The predicted molar refractivity (Wildman–Crippen MR) is 52.2 cm³/mol. The van der Waals surface area contributed by atoms with Crippen molar-refractivity contribution in [3.05, 3.63) is 28.8 Å². The molecule has 0 saturated heterocycles. The molecule has 1 aromatic carbocycles. The Labute approximate surface area is 90.8 Å². The van der Waals surface area contributed by atoms with E-state index in [9.17, 15) is 13.2 Å². The van der Waals surface area contributed by atoms with Crippen LogP contribution in [0, 0.1) is 0 Å². The Morgan fingerprint density at radius 2 is 2.00 bits per heavy atom. The maximum atomic E-state index is 12.4. The van der Waals surface area contributed by atoms with Crippen LogP contribution in [0.2, 0.25) is 5.02 Å². The van der Waals surface area contributed by atoms with E-state index in [2.05, 4.69) is 0 Å². The Kier molecular flexibility index (Phi) is 3.85. The summed E-state index contributed by atoms with van der Waals surface area (Å²) in [6.45, 7) is 2.21. The lowest BCUT2D eigenvalue weighted by molar-refractivity contribution is -0.137. The second-order valence-corrected chi connectivity index (χ2v) is 3.34. The molecule has 15 heavy (non-hydrogen) atoms. The molecule has 0 amide bonds.